The molecule has 0 radical (unpaired) electrons. The van der Waals surface area contributed by atoms with E-state index in [-0.39, 0.29) is 0 Å². The number of hydrogen-bond acceptors (Lipinski definition) is 4. The zero-order valence-electron chi connectivity index (χ0n) is 16.5. The SMILES string of the molecule is CCCCCC(CC(CC)CCCC)(C(=O)OCC)C(=O)OCC. The van der Waals surface area contributed by atoms with E-state index in [0.717, 1.165) is 44.9 Å². The molecule has 24 heavy (non-hydrogen) atoms. The first-order chi connectivity index (χ1) is 11.5. The van der Waals surface area contributed by atoms with E-state index in [2.05, 4.69) is 20.8 Å². The fraction of sp³-hybridized carbons (Fsp3) is 0.900. The molecule has 0 bridgehead atoms. The first-order valence-electron chi connectivity index (χ1n) is 9.86. The Bertz CT molecular complexity index is 334. The van der Waals surface area contributed by atoms with Crippen molar-refractivity contribution in [1.29, 1.82) is 0 Å². The van der Waals surface area contributed by atoms with Crippen LogP contribution in [0.15, 0.2) is 0 Å². The molecular weight excluding hydrogens is 304 g/mol. The molecule has 1 unspecified atom stereocenters. The highest BCUT2D eigenvalue weighted by molar-refractivity contribution is 6.00. The van der Waals surface area contributed by atoms with E-state index in [1.807, 2.05) is 0 Å². The lowest BCUT2D eigenvalue weighted by molar-refractivity contribution is -0.174. The third kappa shape index (κ3) is 7.23. The lowest BCUT2D eigenvalue weighted by atomic mass is 9.73. The summed E-state index contributed by atoms with van der Waals surface area (Å²) < 4.78 is 10.6. The van der Waals surface area contributed by atoms with Gasteiger partial charge in [0.1, 0.15) is 0 Å². The molecule has 0 aromatic heterocycles. The monoisotopic (exact) mass is 342 g/mol. The highest BCUT2D eigenvalue weighted by Gasteiger charge is 2.49. The van der Waals surface area contributed by atoms with Crippen molar-refractivity contribution in [2.24, 2.45) is 11.3 Å². The smallest absolute Gasteiger partial charge is 0.323 e. The van der Waals surface area contributed by atoms with E-state index in [1.54, 1.807) is 13.8 Å². The number of unbranched alkanes of at least 4 members (excludes halogenated alkanes) is 3. The van der Waals surface area contributed by atoms with Crippen molar-refractivity contribution in [1.82, 2.24) is 0 Å². The van der Waals surface area contributed by atoms with Crippen molar-refractivity contribution >= 4 is 11.9 Å². The largest absolute Gasteiger partial charge is 0.465 e. The summed E-state index contributed by atoms with van der Waals surface area (Å²) in [6, 6.07) is 0. The Balaban J connectivity index is 5.49. The summed E-state index contributed by atoms with van der Waals surface area (Å²) in [5.41, 5.74) is -1.13. The Labute approximate surface area is 148 Å². The van der Waals surface area contributed by atoms with Gasteiger partial charge in [-0.1, -0.05) is 65.7 Å². The zero-order chi connectivity index (χ0) is 18.4. The van der Waals surface area contributed by atoms with Gasteiger partial charge in [-0.2, -0.15) is 0 Å². The molecule has 4 nitrogen and oxygen atoms in total. The second-order valence-electron chi connectivity index (χ2n) is 6.60. The molecule has 0 heterocycles. The maximum Gasteiger partial charge on any atom is 0.323 e. The lowest BCUT2D eigenvalue weighted by Gasteiger charge is -2.32. The van der Waals surface area contributed by atoms with Gasteiger partial charge in [-0.25, -0.2) is 0 Å². The van der Waals surface area contributed by atoms with Gasteiger partial charge in [-0.3, -0.25) is 9.59 Å². The second kappa shape index (κ2) is 13.3. The molecule has 0 aromatic carbocycles. The fourth-order valence-corrected chi connectivity index (χ4v) is 3.21. The molecule has 142 valence electrons. The van der Waals surface area contributed by atoms with Gasteiger partial charge in [-0.15, -0.1) is 0 Å². The van der Waals surface area contributed by atoms with Crippen LogP contribution in [0.4, 0.5) is 0 Å². The molecule has 0 saturated heterocycles. The van der Waals surface area contributed by atoms with E-state index in [9.17, 15) is 9.59 Å². The van der Waals surface area contributed by atoms with Gasteiger partial charge in [0, 0.05) is 0 Å². The van der Waals surface area contributed by atoms with Crippen LogP contribution in [-0.4, -0.2) is 25.2 Å². The van der Waals surface area contributed by atoms with Gasteiger partial charge < -0.3 is 9.47 Å². The van der Waals surface area contributed by atoms with Crippen LogP contribution in [0.1, 0.15) is 92.4 Å². The summed E-state index contributed by atoms with van der Waals surface area (Å²) in [6.07, 6.45) is 8.23. The molecule has 0 amide bonds. The van der Waals surface area contributed by atoms with Crippen LogP contribution in [0, 0.1) is 11.3 Å². The molecule has 0 aliphatic rings. The van der Waals surface area contributed by atoms with Crippen LogP contribution in [0.3, 0.4) is 0 Å². The number of ether oxygens (including phenoxy) is 2. The Morgan fingerprint density at radius 1 is 0.833 bits per heavy atom. The predicted molar refractivity (Wildman–Crippen MR) is 97.8 cm³/mol. The molecule has 4 heteroatoms. The molecule has 0 aliphatic carbocycles. The third-order valence-corrected chi connectivity index (χ3v) is 4.72. The average Bonchev–Trinajstić information content (AvgIpc) is 2.57. The maximum atomic E-state index is 12.8. The minimum absolute atomic E-state index is 0.291. The number of carbonyl (C=O) groups is 2. The molecule has 1 atom stereocenters. The first-order valence-corrected chi connectivity index (χ1v) is 9.86. The standard InChI is InChI=1S/C20H38O4/c1-6-11-13-15-20(18(21)23-9-4,19(22)24-10-5)16-17(8-3)14-12-7-2/h17H,6-16H2,1-5H3. The summed E-state index contributed by atoms with van der Waals surface area (Å²) >= 11 is 0. The molecule has 0 fully saturated rings. The molecule has 0 aliphatic heterocycles. The number of carbonyl (C=O) groups excluding carboxylic acids is 2. The minimum Gasteiger partial charge on any atom is -0.465 e. The molecule has 0 N–H and O–H groups in total. The van der Waals surface area contributed by atoms with Crippen LogP contribution in [0.2, 0.25) is 0 Å². The Kier molecular flexibility index (Phi) is 12.7. The number of esters is 2. The van der Waals surface area contributed by atoms with Gasteiger partial charge in [0.15, 0.2) is 5.41 Å². The fourth-order valence-electron chi connectivity index (χ4n) is 3.21. The lowest BCUT2D eigenvalue weighted by Crippen LogP contribution is -2.43. The number of rotatable bonds is 14. The van der Waals surface area contributed by atoms with E-state index < -0.39 is 17.4 Å². The summed E-state index contributed by atoms with van der Waals surface area (Å²) in [7, 11) is 0. The van der Waals surface area contributed by atoms with Crippen molar-refractivity contribution in [3.63, 3.8) is 0 Å². The van der Waals surface area contributed by atoms with Crippen molar-refractivity contribution in [2.45, 2.75) is 92.4 Å². The van der Waals surface area contributed by atoms with Gasteiger partial charge in [0.05, 0.1) is 13.2 Å². The Hall–Kier alpha value is -1.06. The Morgan fingerprint density at radius 3 is 1.79 bits per heavy atom. The molecule has 0 aromatic rings. The van der Waals surface area contributed by atoms with Crippen molar-refractivity contribution < 1.29 is 19.1 Å². The third-order valence-electron chi connectivity index (χ3n) is 4.72. The highest BCUT2D eigenvalue weighted by atomic mass is 16.6. The van der Waals surface area contributed by atoms with E-state index >= 15 is 0 Å². The number of hydrogen-bond donors (Lipinski definition) is 0. The molecule has 0 rings (SSSR count). The van der Waals surface area contributed by atoms with E-state index in [0.29, 0.717) is 32.0 Å². The van der Waals surface area contributed by atoms with E-state index in [1.165, 1.54) is 0 Å². The molecule has 0 spiro atoms. The average molecular weight is 343 g/mol. The molecular formula is C20H38O4. The van der Waals surface area contributed by atoms with Gasteiger partial charge in [0.25, 0.3) is 0 Å². The minimum atomic E-state index is -1.13. The van der Waals surface area contributed by atoms with E-state index in [4.69, 9.17) is 9.47 Å². The normalized spacial score (nSPS) is 12.7. The zero-order valence-corrected chi connectivity index (χ0v) is 16.5. The van der Waals surface area contributed by atoms with Crippen LogP contribution >= 0.6 is 0 Å². The summed E-state index contributed by atoms with van der Waals surface area (Å²) in [5, 5.41) is 0. The summed E-state index contributed by atoms with van der Waals surface area (Å²) in [6.45, 7) is 10.6. The van der Waals surface area contributed by atoms with Crippen LogP contribution in [0.5, 0.6) is 0 Å². The first kappa shape index (κ1) is 22.9. The van der Waals surface area contributed by atoms with Crippen molar-refractivity contribution in [3.8, 4) is 0 Å². The van der Waals surface area contributed by atoms with Gasteiger partial charge in [0.2, 0.25) is 0 Å². The van der Waals surface area contributed by atoms with Gasteiger partial charge in [-0.05, 0) is 32.6 Å². The van der Waals surface area contributed by atoms with Crippen molar-refractivity contribution in [2.75, 3.05) is 13.2 Å². The van der Waals surface area contributed by atoms with Crippen molar-refractivity contribution in [3.05, 3.63) is 0 Å². The predicted octanol–water partition coefficient (Wildman–Crippen LogP) is 5.29. The Morgan fingerprint density at radius 2 is 1.38 bits per heavy atom. The van der Waals surface area contributed by atoms with Crippen LogP contribution in [-0.2, 0) is 19.1 Å². The van der Waals surface area contributed by atoms with Crippen LogP contribution in [0.25, 0.3) is 0 Å². The van der Waals surface area contributed by atoms with Gasteiger partial charge >= 0.3 is 11.9 Å². The molecule has 0 saturated carbocycles. The maximum absolute atomic E-state index is 12.8. The second-order valence-corrected chi connectivity index (χ2v) is 6.60. The topological polar surface area (TPSA) is 52.6 Å². The summed E-state index contributed by atoms with van der Waals surface area (Å²) in [4.78, 5) is 25.6. The quantitative estimate of drug-likeness (QED) is 0.245. The summed E-state index contributed by atoms with van der Waals surface area (Å²) in [5.74, 6) is -0.440. The van der Waals surface area contributed by atoms with Crippen LogP contribution < -0.4 is 0 Å². The highest BCUT2D eigenvalue weighted by Crippen LogP contribution is 2.38.